The zero-order valence-corrected chi connectivity index (χ0v) is 9.54. The lowest BCUT2D eigenvalue weighted by molar-refractivity contribution is 0.104. The Kier molecular flexibility index (Phi) is 2.48. The molecule has 0 saturated carbocycles. The largest absolute Gasteiger partial charge is 0.287 e. The van der Waals surface area contributed by atoms with E-state index in [2.05, 4.69) is 4.98 Å². The molecule has 0 spiro atoms. The number of nitrogens with zero attached hydrogens (tertiary/aromatic N) is 1. The highest BCUT2D eigenvalue weighted by Gasteiger charge is 2.16. The molecule has 0 atom stereocenters. The van der Waals surface area contributed by atoms with E-state index < -0.39 is 0 Å². The molecule has 0 fully saturated rings. The van der Waals surface area contributed by atoms with Crippen LogP contribution in [0.25, 0.3) is 0 Å². The van der Waals surface area contributed by atoms with Crippen LogP contribution in [0, 0.1) is 13.8 Å². The molecule has 2 nitrogen and oxygen atoms in total. The summed E-state index contributed by atoms with van der Waals surface area (Å²) in [5.74, 6) is 0.109. The molecule has 2 aromatic rings. The fourth-order valence-corrected chi connectivity index (χ4v) is 2.91. The second-order valence-corrected chi connectivity index (χ2v) is 4.80. The molecule has 0 amide bonds. The molecule has 0 N–H and O–H groups in total. The van der Waals surface area contributed by atoms with Crippen LogP contribution in [0.4, 0.5) is 0 Å². The Morgan fingerprint density at radius 2 is 2.07 bits per heavy atom. The summed E-state index contributed by atoms with van der Waals surface area (Å²) in [4.78, 5) is 17.7. The molecular weight excluding hydrogens is 214 g/mol. The Hall–Kier alpha value is -1.00. The van der Waals surface area contributed by atoms with Gasteiger partial charge in [0.05, 0.1) is 21.0 Å². The summed E-state index contributed by atoms with van der Waals surface area (Å²) in [5, 5.41) is 1.94. The second kappa shape index (κ2) is 3.63. The zero-order valence-electron chi connectivity index (χ0n) is 7.90. The molecule has 72 valence electrons. The van der Waals surface area contributed by atoms with Crippen molar-refractivity contribution in [2.75, 3.05) is 0 Å². The van der Waals surface area contributed by atoms with E-state index in [4.69, 9.17) is 0 Å². The quantitative estimate of drug-likeness (QED) is 0.732. The van der Waals surface area contributed by atoms with Crippen LogP contribution in [-0.2, 0) is 0 Å². The van der Waals surface area contributed by atoms with Crippen molar-refractivity contribution in [3.05, 3.63) is 38.0 Å². The lowest BCUT2D eigenvalue weighted by atomic mass is 10.2. The van der Waals surface area contributed by atoms with Crippen LogP contribution < -0.4 is 0 Å². The Bertz CT molecular complexity index is 428. The fraction of sp³-hybridized carbons (Fsp3) is 0.200. The number of rotatable bonds is 2. The van der Waals surface area contributed by atoms with Gasteiger partial charge in [-0.1, -0.05) is 0 Å². The number of hydrogen-bond donors (Lipinski definition) is 0. The molecule has 2 aromatic heterocycles. The number of carbonyl (C=O) groups excluding carboxylic acids is 1. The van der Waals surface area contributed by atoms with E-state index in [1.165, 1.54) is 22.7 Å². The number of carbonyl (C=O) groups is 1. The van der Waals surface area contributed by atoms with Crippen molar-refractivity contribution in [1.82, 2.24) is 4.98 Å². The van der Waals surface area contributed by atoms with Crippen LogP contribution in [-0.4, -0.2) is 10.8 Å². The minimum absolute atomic E-state index is 0.109. The van der Waals surface area contributed by atoms with Gasteiger partial charge in [-0.15, -0.1) is 22.7 Å². The third-order valence-electron chi connectivity index (χ3n) is 2.02. The SMILES string of the molecule is Cc1ccsc1C(=O)c1scnc1C. The maximum atomic E-state index is 12.0. The summed E-state index contributed by atoms with van der Waals surface area (Å²) in [6, 6.07) is 1.97. The van der Waals surface area contributed by atoms with Crippen LogP contribution in [0.5, 0.6) is 0 Å². The first-order valence-corrected chi connectivity index (χ1v) is 5.95. The monoisotopic (exact) mass is 223 g/mol. The maximum absolute atomic E-state index is 12.0. The molecule has 2 heterocycles. The Morgan fingerprint density at radius 1 is 1.29 bits per heavy atom. The lowest BCUT2D eigenvalue weighted by Gasteiger charge is -1.96. The predicted octanol–water partition coefficient (Wildman–Crippen LogP) is 3.05. The van der Waals surface area contributed by atoms with Gasteiger partial charge in [0.25, 0.3) is 0 Å². The molecule has 0 unspecified atom stereocenters. The average molecular weight is 223 g/mol. The summed E-state index contributed by atoms with van der Waals surface area (Å²) in [6.45, 7) is 3.83. The topological polar surface area (TPSA) is 30.0 Å². The second-order valence-electron chi connectivity index (χ2n) is 3.03. The Balaban J connectivity index is 2.44. The summed E-state index contributed by atoms with van der Waals surface area (Å²) in [7, 11) is 0. The van der Waals surface area contributed by atoms with Crippen LogP contribution >= 0.6 is 22.7 Å². The number of hydrogen-bond acceptors (Lipinski definition) is 4. The molecule has 2 rings (SSSR count). The summed E-state index contributed by atoms with van der Waals surface area (Å²) < 4.78 is 0. The van der Waals surface area contributed by atoms with E-state index in [1.54, 1.807) is 5.51 Å². The van der Waals surface area contributed by atoms with E-state index >= 15 is 0 Å². The molecular formula is C10H9NOS2. The molecule has 14 heavy (non-hydrogen) atoms. The highest BCUT2D eigenvalue weighted by Crippen LogP contribution is 2.23. The van der Waals surface area contributed by atoms with E-state index in [9.17, 15) is 4.79 Å². The van der Waals surface area contributed by atoms with Crippen molar-refractivity contribution in [3.63, 3.8) is 0 Å². The average Bonchev–Trinajstić information content (AvgIpc) is 2.73. The van der Waals surface area contributed by atoms with Gasteiger partial charge >= 0.3 is 0 Å². The molecule has 0 aliphatic heterocycles. The number of ketones is 1. The number of thiophene rings is 1. The standard InChI is InChI=1S/C10H9NOS2/c1-6-3-4-13-9(6)8(12)10-7(2)11-5-14-10/h3-5H,1-2H3. The molecule has 0 radical (unpaired) electrons. The molecule has 0 aromatic carbocycles. The van der Waals surface area contributed by atoms with E-state index in [-0.39, 0.29) is 5.78 Å². The normalized spacial score (nSPS) is 10.4. The smallest absolute Gasteiger partial charge is 0.215 e. The first-order chi connectivity index (χ1) is 6.70. The van der Waals surface area contributed by atoms with Gasteiger partial charge in [0, 0.05) is 0 Å². The van der Waals surface area contributed by atoms with Crippen molar-refractivity contribution in [1.29, 1.82) is 0 Å². The van der Waals surface area contributed by atoms with Crippen LogP contribution in [0.15, 0.2) is 17.0 Å². The van der Waals surface area contributed by atoms with Crippen molar-refractivity contribution in [2.45, 2.75) is 13.8 Å². The molecule has 0 aliphatic carbocycles. The van der Waals surface area contributed by atoms with Gasteiger partial charge in [0.2, 0.25) is 5.78 Å². The highest BCUT2D eigenvalue weighted by atomic mass is 32.1. The molecule has 0 saturated heterocycles. The minimum Gasteiger partial charge on any atom is -0.287 e. The van der Waals surface area contributed by atoms with Gasteiger partial charge in [-0.05, 0) is 30.9 Å². The van der Waals surface area contributed by atoms with Gasteiger partial charge in [-0.25, -0.2) is 4.98 Å². The Labute approximate surface area is 90.2 Å². The third kappa shape index (κ3) is 1.51. The van der Waals surface area contributed by atoms with Crippen molar-refractivity contribution < 1.29 is 4.79 Å². The maximum Gasteiger partial charge on any atom is 0.215 e. The van der Waals surface area contributed by atoms with Crippen molar-refractivity contribution >= 4 is 28.5 Å². The van der Waals surface area contributed by atoms with Gasteiger partial charge in [0.1, 0.15) is 0 Å². The Morgan fingerprint density at radius 3 is 2.57 bits per heavy atom. The van der Waals surface area contributed by atoms with E-state index in [0.717, 1.165) is 21.0 Å². The van der Waals surface area contributed by atoms with Gasteiger partial charge in [-0.2, -0.15) is 0 Å². The molecule has 0 aliphatic rings. The van der Waals surface area contributed by atoms with Crippen molar-refractivity contribution in [3.8, 4) is 0 Å². The first kappa shape index (κ1) is 9.55. The molecule has 4 heteroatoms. The summed E-state index contributed by atoms with van der Waals surface area (Å²) >= 11 is 2.90. The van der Waals surface area contributed by atoms with E-state index in [1.807, 2.05) is 25.3 Å². The summed E-state index contributed by atoms with van der Waals surface area (Å²) in [6.07, 6.45) is 0. The van der Waals surface area contributed by atoms with Crippen LogP contribution in [0.1, 0.15) is 25.8 Å². The third-order valence-corrected chi connectivity index (χ3v) is 3.96. The number of aryl methyl sites for hydroxylation is 2. The van der Waals surface area contributed by atoms with Gasteiger partial charge in [0.15, 0.2) is 0 Å². The molecule has 0 bridgehead atoms. The highest BCUT2D eigenvalue weighted by molar-refractivity contribution is 7.15. The lowest BCUT2D eigenvalue weighted by Crippen LogP contribution is -1.99. The number of thiazole rings is 1. The summed E-state index contributed by atoms with van der Waals surface area (Å²) in [5.41, 5.74) is 3.59. The van der Waals surface area contributed by atoms with Gasteiger partial charge < -0.3 is 0 Å². The van der Waals surface area contributed by atoms with Gasteiger partial charge in [-0.3, -0.25) is 4.79 Å². The van der Waals surface area contributed by atoms with E-state index in [0.29, 0.717) is 0 Å². The van der Waals surface area contributed by atoms with Crippen molar-refractivity contribution in [2.24, 2.45) is 0 Å². The number of aromatic nitrogens is 1. The first-order valence-electron chi connectivity index (χ1n) is 4.19. The fourth-order valence-electron chi connectivity index (χ4n) is 1.23. The van der Waals surface area contributed by atoms with Crippen LogP contribution in [0.2, 0.25) is 0 Å². The minimum atomic E-state index is 0.109. The van der Waals surface area contributed by atoms with Crippen LogP contribution in [0.3, 0.4) is 0 Å². The zero-order chi connectivity index (χ0) is 10.1. The predicted molar refractivity (Wildman–Crippen MR) is 59.3 cm³/mol.